The summed E-state index contributed by atoms with van der Waals surface area (Å²) >= 11 is 0. The Morgan fingerprint density at radius 3 is 2.62 bits per heavy atom. The van der Waals surface area contributed by atoms with Gasteiger partial charge in [-0.2, -0.15) is 0 Å². The van der Waals surface area contributed by atoms with Crippen LogP contribution in [0.1, 0.15) is 17.5 Å². The van der Waals surface area contributed by atoms with E-state index in [1.165, 1.54) is 5.56 Å². The molecule has 1 aliphatic heterocycles. The largest absolute Gasteiger partial charge is 0.379 e. The van der Waals surface area contributed by atoms with Crippen LogP contribution in [0.15, 0.2) is 53.5 Å². The summed E-state index contributed by atoms with van der Waals surface area (Å²) in [6.45, 7) is 6.48. The van der Waals surface area contributed by atoms with E-state index in [0.29, 0.717) is 18.9 Å². The first kappa shape index (κ1) is 20.8. The van der Waals surface area contributed by atoms with Crippen molar-refractivity contribution < 1.29 is 9.53 Å². The second-order valence-electron chi connectivity index (χ2n) is 7.15. The molecule has 1 amide bonds. The molecule has 1 aliphatic rings. The number of carbonyl (C=O) groups excluding carboxylic acids is 1. The second-order valence-corrected chi connectivity index (χ2v) is 7.15. The van der Waals surface area contributed by atoms with Crippen LogP contribution in [-0.2, 0) is 16.1 Å². The smallest absolute Gasteiger partial charge is 0.225 e. The Balaban J connectivity index is 1.48. The standard InChI is InChI=1S/C22H29N5O2/c1-17-5-7-19(8-6-17)26-22(23)24-16-18-3-2-4-20(15-18)25-21(28)9-10-27-11-13-29-14-12-27/h2-8,15H,9-14,16H2,1H3,(H,25,28)(H3,23,24,26). The van der Waals surface area contributed by atoms with Crippen molar-refractivity contribution in [3.05, 3.63) is 59.7 Å². The molecule has 7 heteroatoms. The number of aryl methyl sites for hydroxylation is 1. The third-order valence-corrected chi connectivity index (χ3v) is 4.73. The minimum absolute atomic E-state index is 0.0118. The van der Waals surface area contributed by atoms with Crippen LogP contribution in [-0.4, -0.2) is 49.6 Å². The zero-order chi connectivity index (χ0) is 20.5. The molecule has 0 aromatic heterocycles. The van der Waals surface area contributed by atoms with Gasteiger partial charge >= 0.3 is 0 Å². The maximum absolute atomic E-state index is 12.2. The van der Waals surface area contributed by atoms with Gasteiger partial charge in [-0.25, -0.2) is 4.99 Å². The fraction of sp³-hybridized carbons (Fsp3) is 0.364. The summed E-state index contributed by atoms with van der Waals surface area (Å²) in [5.74, 6) is 0.367. The van der Waals surface area contributed by atoms with E-state index in [-0.39, 0.29) is 5.91 Å². The summed E-state index contributed by atoms with van der Waals surface area (Å²) in [5, 5.41) is 6.04. The third kappa shape index (κ3) is 7.21. The van der Waals surface area contributed by atoms with Crippen LogP contribution < -0.4 is 16.4 Å². The maximum atomic E-state index is 12.2. The van der Waals surface area contributed by atoms with Gasteiger partial charge in [0.25, 0.3) is 0 Å². The number of anilines is 2. The molecule has 4 N–H and O–H groups in total. The number of guanidine groups is 1. The van der Waals surface area contributed by atoms with E-state index < -0.39 is 0 Å². The predicted molar refractivity (Wildman–Crippen MR) is 117 cm³/mol. The summed E-state index contributed by atoms with van der Waals surface area (Å²) in [4.78, 5) is 18.9. The van der Waals surface area contributed by atoms with Crippen molar-refractivity contribution >= 4 is 23.2 Å². The Labute approximate surface area is 172 Å². The van der Waals surface area contributed by atoms with E-state index in [2.05, 4.69) is 20.5 Å². The van der Waals surface area contributed by atoms with Crippen LogP contribution >= 0.6 is 0 Å². The molecular weight excluding hydrogens is 366 g/mol. The Morgan fingerprint density at radius 1 is 1.10 bits per heavy atom. The topological polar surface area (TPSA) is 92.0 Å². The Morgan fingerprint density at radius 2 is 1.86 bits per heavy atom. The number of nitrogens with one attached hydrogen (secondary N) is 2. The zero-order valence-corrected chi connectivity index (χ0v) is 16.9. The summed E-state index contributed by atoms with van der Waals surface area (Å²) in [6, 6.07) is 15.6. The quantitative estimate of drug-likeness (QED) is 0.495. The Kier molecular flexibility index (Phi) is 7.61. The molecule has 3 rings (SSSR count). The van der Waals surface area contributed by atoms with Crippen molar-refractivity contribution in [2.24, 2.45) is 10.7 Å². The van der Waals surface area contributed by atoms with Gasteiger partial charge in [0.2, 0.25) is 5.91 Å². The molecular formula is C22H29N5O2. The SMILES string of the molecule is Cc1ccc(NC(N)=NCc2cccc(NC(=O)CCN3CCOCC3)c2)cc1. The lowest BCUT2D eigenvalue weighted by atomic mass is 10.2. The molecule has 0 saturated carbocycles. The molecule has 1 fully saturated rings. The van der Waals surface area contributed by atoms with Crippen molar-refractivity contribution in [2.75, 3.05) is 43.5 Å². The monoisotopic (exact) mass is 395 g/mol. The molecule has 0 bridgehead atoms. The zero-order valence-electron chi connectivity index (χ0n) is 16.9. The van der Waals surface area contributed by atoms with Crippen LogP contribution in [0.3, 0.4) is 0 Å². The van der Waals surface area contributed by atoms with Crippen molar-refractivity contribution in [2.45, 2.75) is 19.9 Å². The Hall–Kier alpha value is -2.90. The molecule has 2 aromatic rings. The molecule has 154 valence electrons. The van der Waals surface area contributed by atoms with Gasteiger partial charge in [0, 0.05) is 37.4 Å². The van der Waals surface area contributed by atoms with Crippen molar-refractivity contribution in [1.29, 1.82) is 0 Å². The summed E-state index contributed by atoms with van der Waals surface area (Å²) in [6.07, 6.45) is 0.468. The highest BCUT2D eigenvalue weighted by Crippen LogP contribution is 2.13. The van der Waals surface area contributed by atoms with E-state index in [1.54, 1.807) is 0 Å². The minimum Gasteiger partial charge on any atom is -0.379 e. The summed E-state index contributed by atoms with van der Waals surface area (Å²) in [5.41, 5.74) is 9.82. The summed E-state index contributed by atoms with van der Waals surface area (Å²) in [7, 11) is 0. The number of rotatable bonds is 7. The minimum atomic E-state index is 0.0118. The van der Waals surface area contributed by atoms with Crippen molar-refractivity contribution in [3.8, 4) is 0 Å². The molecule has 7 nitrogen and oxygen atoms in total. The van der Waals surface area contributed by atoms with Gasteiger partial charge < -0.3 is 21.1 Å². The molecule has 1 saturated heterocycles. The number of carbonyl (C=O) groups is 1. The molecule has 29 heavy (non-hydrogen) atoms. The average molecular weight is 396 g/mol. The molecule has 2 aromatic carbocycles. The highest BCUT2D eigenvalue weighted by Gasteiger charge is 2.12. The van der Waals surface area contributed by atoms with Gasteiger partial charge in [-0.3, -0.25) is 9.69 Å². The number of aliphatic imine (C=N–C) groups is 1. The first-order chi connectivity index (χ1) is 14.1. The fourth-order valence-electron chi connectivity index (χ4n) is 3.06. The van der Waals surface area contributed by atoms with Gasteiger partial charge in [0.15, 0.2) is 5.96 Å². The number of amides is 1. The molecule has 0 spiro atoms. The lowest BCUT2D eigenvalue weighted by Crippen LogP contribution is -2.38. The Bertz CT molecular complexity index is 829. The molecule has 1 heterocycles. The molecule has 0 aliphatic carbocycles. The number of ether oxygens (including phenoxy) is 1. The van der Waals surface area contributed by atoms with Gasteiger partial charge in [0.1, 0.15) is 0 Å². The van der Waals surface area contributed by atoms with E-state index in [0.717, 1.165) is 49.8 Å². The third-order valence-electron chi connectivity index (χ3n) is 4.73. The van der Waals surface area contributed by atoms with E-state index in [9.17, 15) is 4.79 Å². The first-order valence-electron chi connectivity index (χ1n) is 9.91. The highest BCUT2D eigenvalue weighted by molar-refractivity contribution is 5.92. The normalized spacial score (nSPS) is 15.1. The lowest BCUT2D eigenvalue weighted by molar-refractivity contribution is -0.116. The van der Waals surface area contributed by atoms with Gasteiger partial charge in [-0.05, 0) is 36.8 Å². The molecule has 0 atom stereocenters. The summed E-state index contributed by atoms with van der Waals surface area (Å²) < 4.78 is 5.33. The number of morpholine rings is 1. The van der Waals surface area contributed by atoms with Crippen molar-refractivity contribution in [1.82, 2.24) is 4.90 Å². The number of nitrogens with zero attached hydrogens (tertiary/aromatic N) is 2. The fourth-order valence-corrected chi connectivity index (χ4v) is 3.06. The number of hydrogen-bond donors (Lipinski definition) is 3. The van der Waals surface area contributed by atoms with E-state index in [4.69, 9.17) is 10.5 Å². The number of nitrogens with two attached hydrogens (primary N) is 1. The first-order valence-corrected chi connectivity index (χ1v) is 9.91. The van der Waals surface area contributed by atoms with Gasteiger partial charge in [0.05, 0.1) is 19.8 Å². The van der Waals surface area contributed by atoms with Crippen molar-refractivity contribution in [3.63, 3.8) is 0 Å². The number of benzene rings is 2. The highest BCUT2D eigenvalue weighted by atomic mass is 16.5. The van der Waals surface area contributed by atoms with Crippen LogP contribution in [0.25, 0.3) is 0 Å². The lowest BCUT2D eigenvalue weighted by Gasteiger charge is -2.26. The molecule has 0 radical (unpaired) electrons. The van der Waals surface area contributed by atoms with E-state index >= 15 is 0 Å². The van der Waals surface area contributed by atoms with Crippen LogP contribution in [0.5, 0.6) is 0 Å². The van der Waals surface area contributed by atoms with Gasteiger partial charge in [-0.1, -0.05) is 29.8 Å². The van der Waals surface area contributed by atoms with Crippen LogP contribution in [0.4, 0.5) is 11.4 Å². The predicted octanol–water partition coefficient (Wildman–Crippen LogP) is 2.58. The van der Waals surface area contributed by atoms with Gasteiger partial charge in [-0.15, -0.1) is 0 Å². The average Bonchev–Trinajstić information content (AvgIpc) is 2.73. The maximum Gasteiger partial charge on any atom is 0.225 e. The van der Waals surface area contributed by atoms with E-state index in [1.807, 2.05) is 55.5 Å². The molecule has 0 unspecified atom stereocenters. The van der Waals surface area contributed by atoms with Crippen LogP contribution in [0, 0.1) is 6.92 Å². The second kappa shape index (κ2) is 10.6. The number of hydrogen-bond acceptors (Lipinski definition) is 4. The van der Waals surface area contributed by atoms with Crippen LogP contribution in [0.2, 0.25) is 0 Å².